The summed E-state index contributed by atoms with van der Waals surface area (Å²) in [6.07, 6.45) is 3.56. The molecule has 0 saturated carbocycles. The fourth-order valence-corrected chi connectivity index (χ4v) is 2.65. The van der Waals surface area contributed by atoms with Crippen LogP contribution in [0.2, 0.25) is 0 Å². The van der Waals surface area contributed by atoms with E-state index < -0.39 is 0 Å². The Morgan fingerprint density at radius 1 is 1.18 bits per heavy atom. The average molecular weight is 503 g/mol. The minimum absolute atomic E-state index is 0. The van der Waals surface area contributed by atoms with Crippen molar-refractivity contribution < 1.29 is 13.7 Å². The molecule has 0 bridgehead atoms. The lowest BCUT2D eigenvalue weighted by atomic mass is 9.99. The summed E-state index contributed by atoms with van der Waals surface area (Å²) >= 11 is 0. The predicted octanol–water partition coefficient (Wildman–Crippen LogP) is 3.27. The Hall–Kier alpha value is -2.04. The molecule has 3 N–H and O–H groups in total. The highest BCUT2D eigenvalue weighted by Gasteiger charge is 2.13. The summed E-state index contributed by atoms with van der Waals surface area (Å²) in [4.78, 5) is 16.3. The molecule has 0 aliphatic carbocycles. The molecule has 0 aliphatic rings. The van der Waals surface area contributed by atoms with E-state index in [1.807, 2.05) is 13.0 Å². The summed E-state index contributed by atoms with van der Waals surface area (Å²) in [6.45, 7) is 8.42. The van der Waals surface area contributed by atoms with Crippen LogP contribution in [0.1, 0.15) is 61.5 Å². The molecule has 1 amide bonds. The van der Waals surface area contributed by atoms with Crippen molar-refractivity contribution in [2.45, 2.75) is 46.1 Å². The lowest BCUT2D eigenvalue weighted by Gasteiger charge is -2.11. The zero-order chi connectivity index (χ0) is 19.5. The van der Waals surface area contributed by atoms with Crippen molar-refractivity contribution in [3.63, 3.8) is 0 Å². The van der Waals surface area contributed by atoms with E-state index in [1.54, 1.807) is 12.1 Å². The Labute approximate surface area is 182 Å². The van der Waals surface area contributed by atoms with E-state index in [0.717, 1.165) is 30.8 Å². The summed E-state index contributed by atoms with van der Waals surface area (Å²) < 4.78 is 10.4. The third kappa shape index (κ3) is 7.53. The van der Waals surface area contributed by atoms with E-state index in [4.69, 9.17) is 8.94 Å². The van der Waals surface area contributed by atoms with Gasteiger partial charge in [0.05, 0.1) is 12.0 Å². The first kappa shape index (κ1) is 24.0. The SMILES string of the molecule is CCNC(=NCc1cc(C(CC)CC)no1)NCCNC(=O)c1ccco1.I. The molecular formula is C19H30IN5O3. The number of aromatic nitrogens is 1. The van der Waals surface area contributed by atoms with Crippen molar-refractivity contribution >= 4 is 35.8 Å². The zero-order valence-electron chi connectivity index (χ0n) is 16.7. The molecule has 0 spiro atoms. The van der Waals surface area contributed by atoms with Gasteiger partial charge >= 0.3 is 0 Å². The molecule has 0 unspecified atom stereocenters. The number of hydrogen-bond donors (Lipinski definition) is 3. The molecule has 2 rings (SSSR count). The van der Waals surface area contributed by atoms with Crippen LogP contribution in [0, 0.1) is 0 Å². The summed E-state index contributed by atoms with van der Waals surface area (Å²) in [7, 11) is 0. The van der Waals surface area contributed by atoms with Crippen molar-refractivity contribution in [1.82, 2.24) is 21.1 Å². The Kier molecular flexibility index (Phi) is 11.3. The molecule has 28 heavy (non-hydrogen) atoms. The van der Waals surface area contributed by atoms with Gasteiger partial charge in [-0.3, -0.25) is 4.79 Å². The molecule has 2 aromatic heterocycles. The Balaban J connectivity index is 0.00000392. The van der Waals surface area contributed by atoms with Crippen LogP contribution in [-0.2, 0) is 6.54 Å². The van der Waals surface area contributed by atoms with Gasteiger partial charge in [0.2, 0.25) is 0 Å². The first-order chi connectivity index (χ1) is 13.2. The highest BCUT2D eigenvalue weighted by molar-refractivity contribution is 14.0. The van der Waals surface area contributed by atoms with Crippen LogP contribution >= 0.6 is 24.0 Å². The summed E-state index contributed by atoms with van der Waals surface area (Å²) in [5.74, 6) is 1.88. The van der Waals surface area contributed by atoms with Crippen LogP contribution < -0.4 is 16.0 Å². The molecule has 0 radical (unpaired) electrons. The van der Waals surface area contributed by atoms with Crippen molar-refractivity contribution in [3.05, 3.63) is 41.7 Å². The van der Waals surface area contributed by atoms with Crippen LogP contribution in [0.5, 0.6) is 0 Å². The van der Waals surface area contributed by atoms with Crippen LogP contribution in [0.15, 0.2) is 38.4 Å². The van der Waals surface area contributed by atoms with E-state index in [0.29, 0.717) is 37.3 Å². The van der Waals surface area contributed by atoms with Crippen LogP contribution in [0.3, 0.4) is 0 Å². The predicted molar refractivity (Wildman–Crippen MR) is 119 cm³/mol. The number of hydrogen-bond acceptors (Lipinski definition) is 5. The van der Waals surface area contributed by atoms with E-state index in [-0.39, 0.29) is 29.9 Å². The molecule has 2 aromatic rings. The molecule has 156 valence electrons. The van der Waals surface area contributed by atoms with Gasteiger partial charge in [0, 0.05) is 31.6 Å². The molecule has 0 aromatic carbocycles. The average Bonchev–Trinajstić information content (AvgIpc) is 3.36. The fraction of sp³-hybridized carbons (Fsp3) is 0.526. The topological polar surface area (TPSA) is 105 Å². The molecule has 9 heteroatoms. The number of guanidine groups is 1. The maximum Gasteiger partial charge on any atom is 0.287 e. The Morgan fingerprint density at radius 3 is 2.57 bits per heavy atom. The highest BCUT2D eigenvalue weighted by atomic mass is 127. The molecule has 2 heterocycles. The van der Waals surface area contributed by atoms with E-state index in [2.05, 4.69) is 39.9 Å². The second-order valence-corrected chi connectivity index (χ2v) is 6.09. The van der Waals surface area contributed by atoms with Gasteiger partial charge in [-0.1, -0.05) is 19.0 Å². The summed E-state index contributed by atoms with van der Waals surface area (Å²) in [5, 5.41) is 13.3. The first-order valence-electron chi connectivity index (χ1n) is 9.47. The Bertz CT molecular complexity index is 711. The number of halogens is 1. The van der Waals surface area contributed by atoms with Crippen LogP contribution in [0.25, 0.3) is 0 Å². The zero-order valence-corrected chi connectivity index (χ0v) is 19.0. The molecule has 8 nitrogen and oxygen atoms in total. The van der Waals surface area contributed by atoms with Gasteiger partial charge in [0.15, 0.2) is 17.5 Å². The summed E-state index contributed by atoms with van der Waals surface area (Å²) in [5.41, 5.74) is 0.990. The summed E-state index contributed by atoms with van der Waals surface area (Å²) in [6, 6.07) is 5.29. The monoisotopic (exact) mass is 503 g/mol. The second-order valence-electron chi connectivity index (χ2n) is 6.09. The maximum atomic E-state index is 11.8. The van der Waals surface area contributed by atoms with Gasteiger partial charge in [-0.25, -0.2) is 4.99 Å². The molecular weight excluding hydrogens is 473 g/mol. The van der Waals surface area contributed by atoms with Crippen LogP contribution in [-0.4, -0.2) is 36.7 Å². The maximum absolute atomic E-state index is 11.8. The van der Waals surface area contributed by atoms with E-state index >= 15 is 0 Å². The first-order valence-corrected chi connectivity index (χ1v) is 9.47. The standard InChI is InChI=1S/C19H29N5O3.HI/c1-4-14(5-2)16-12-15(27-24-16)13-23-19(20-6-3)22-10-9-21-18(25)17-8-7-11-26-17;/h7-8,11-12,14H,4-6,9-10,13H2,1-3H3,(H,21,25)(H2,20,22,23);1H. The normalized spacial score (nSPS) is 11.2. The molecule has 0 atom stereocenters. The van der Waals surface area contributed by atoms with E-state index in [1.165, 1.54) is 6.26 Å². The smallest absolute Gasteiger partial charge is 0.287 e. The number of rotatable bonds is 10. The number of furan rings is 1. The van der Waals surface area contributed by atoms with E-state index in [9.17, 15) is 4.79 Å². The number of amides is 1. The fourth-order valence-electron chi connectivity index (χ4n) is 2.65. The lowest BCUT2D eigenvalue weighted by molar-refractivity contribution is 0.0926. The minimum atomic E-state index is -0.237. The number of nitrogens with zero attached hydrogens (tertiary/aromatic N) is 2. The lowest BCUT2D eigenvalue weighted by Crippen LogP contribution is -2.41. The molecule has 0 aliphatic heterocycles. The molecule has 0 fully saturated rings. The van der Waals surface area contributed by atoms with Gasteiger partial charge in [0.25, 0.3) is 5.91 Å². The largest absolute Gasteiger partial charge is 0.459 e. The van der Waals surface area contributed by atoms with Gasteiger partial charge in [-0.2, -0.15) is 0 Å². The van der Waals surface area contributed by atoms with Crippen molar-refractivity contribution in [1.29, 1.82) is 0 Å². The quantitative estimate of drug-likeness (QED) is 0.199. The number of aliphatic imine (C=N–C) groups is 1. The van der Waals surface area contributed by atoms with Crippen LogP contribution in [0.4, 0.5) is 0 Å². The second kappa shape index (κ2) is 13.2. The highest BCUT2D eigenvalue weighted by Crippen LogP contribution is 2.22. The van der Waals surface area contributed by atoms with Gasteiger partial charge < -0.3 is 24.9 Å². The third-order valence-electron chi connectivity index (χ3n) is 4.17. The van der Waals surface area contributed by atoms with Gasteiger partial charge in [-0.05, 0) is 31.9 Å². The Morgan fingerprint density at radius 2 is 1.93 bits per heavy atom. The number of carbonyl (C=O) groups is 1. The van der Waals surface area contributed by atoms with Crippen molar-refractivity contribution in [2.75, 3.05) is 19.6 Å². The van der Waals surface area contributed by atoms with Crippen molar-refractivity contribution in [3.8, 4) is 0 Å². The van der Waals surface area contributed by atoms with Gasteiger partial charge in [0.1, 0.15) is 6.54 Å². The third-order valence-corrected chi connectivity index (χ3v) is 4.17. The minimum Gasteiger partial charge on any atom is -0.459 e. The molecule has 0 saturated heterocycles. The van der Waals surface area contributed by atoms with Crippen molar-refractivity contribution in [2.24, 2.45) is 4.99 Å². The van der Waals surface area contributed by atoms with Gasteiger partial charge in [-0.15, -0.1) is 24.0 Å². The number of nitrogens with one attached hydrogen (secondary N) is 3. The number of carbonyl (C=O) groups excluding carboxylic acids is 1.